The summed E-state index contributed by atoms with van der Waals surface area (Å²) in [5.74, 6) is 0.411. The summed E-state index contributed by atoms with van der Waals surface area (Å²) in [6.07, 6.45) is 1.54. The predicted octanol–water partition coefficient (Wildman–Crippen LogP) is 4.57. The molecule has 1 aliphatic heterocycles. The van der Waals surface area contributed by atoms with Crippen molar-refractivity contribution in [2.45, 2.75) is 6.54 Å². The van der Waals surface area contributed by atoms with Crippen LogP contribution >= 0.6 is 22.9 Å². The Morgan fingerprint density at radius 1 is 1.20 bits per heavy atom. The molecule has 2 aromatic carbocycles. The summed E-state index contributed by atoms with van der Waals surface area (Å²) in [7, 11) is 1.65. The Bertz CT molecular complexity index is 1050. The molecule has 1 amide bonds. The summed E-state index contributed by atoms with van der Waals surface area (Å²) in [4.78, 5) is 21.8. The number of piperazine rings is 1. The number of carbonyl (C=O) groups excluding carboxylic acids is 1. The third kappa shape index (κ3) is 4.48. The number of rotatable bonds is 5. The molecule has 1 saturated heterocycles. The summed E-state index contributed by atoms with van der Waals surface area (Å²) in [6.45, 7) is 3.45. The number of methoxy groups -OCH3 is 1. The SMILES string of the molecule is COc1ccc(Cl)cc1CN1CCN(C(=O)c2cnc(-c3ccccc3F)s2)CC1. The van der Waals surface area contributed by atoms with E-state index in [2.05, 4.69) is 9.88 Å². The van der Waals surface area contributed by atoms with Gasteiger partial charge >= 0.3 is 0 Å². The van der Waals surface area contributed by atoms with Crippen LogP contribution in [0.15, 0.2) is 48.7 Å². The van der Waals surface area contributed by atoms with Gasteiger partial charge in [-0.1, -0.05) is 23.7 Å². The molecule has 30 heavy (non-hydrogen) atoms. The number of amides is 1. The van der Waals surface area contributed by atoms with E-state index in [9.17, 15) is 9.18 Å². The van der Waals surface area contributed by atoms with Gasteiger partial charge in [0.1, 0.15) is 21.5 Å². The number of thiazole rings is 1. The zero-order valence-electron chi connectivity index (χ0n) is 16.5. The van der Waals surface area contributed by atoms with Crippen molar-refractivity contribution in [3.05, 3.63) is 69.9 Å². The highest BCUT2D eigenvalue weighted by atomic mass is 35.5. The highest BCUT2D eigenvalue weighted by Gasteiger charge is 2.24. The molecule has 2 heterocycles. The molecular formula is C22H21ClFN3O2S. The standard InChI is InChI=1S/C22H21ClFN3O2S/c1-29-19-7-6-16(23)12-15(19)14-26-8-10-27(11-9-26)22(28)20-13-25-21(30-20)17-4-2-3-5-18(17)24/h2-7,12-13H,8-11,14H2,1H3. The number of hydrogen-bond acceptors (Lipinski definition) is 5. The number of hydrogen-bond donors (Lipinski definition) is 0. The van der Waals surface area contributed by atoms with Crippen LogP contribution in [0.4, 0.5) is 4.39 Å². The molecule has 0 spiro atoms. The van der Waals surface area contributed by atoms with Gasteiger partial charge in [-0.3, -0.25) is 9.69 Å². The van der Waals surface area contributed by atoms with Crippen molar-refractivity contribution in [3.8, 4) is 16.3 Å². The number of ether oxygens (including phenoxy) is 1. The molecule has 1 fully saturated rings. The Kier molecular flexibility index (Phi) is 6.32. The van der Waals surface area contributed by atoms with Crippen LogP contribution in [0.1, 0.15) is 15.2 Å². The van der Waals surface area contributed by atoms with Gasteiger partial charge in [-0.05, 0) is 30.3 Å². The first kappa shape index (κ1) is 20.8. The second-order valence-corrected chi connectivity index (χ2v) is 8.50. The van der Waals surface area contributed by atoms with E-state index in [1.165, 1.54) is 23.6 Å². The van der Waals surface area contributed by atoms with E-state index >= 15 is 0 Å². The molecule has 0 aliphatic carbocycles. The molecule has 0 atom stereocenters. The van der Waals surface area contributed by atoms with Crippen molar-refractivity contribution >= 4 is 28.8 Å². The molecule has 3 aromatic rings. The fourth-order valence-corrected chi connectivity index (χ4v) is 4.61. The van der Waals surface area contributed by atoms with Gasteiger partial charge in [0.25, 0.3) is 5.91 Å². The minimum absolute atomic E-state index is 0.0601. The van der Waals surface area contributed by atoms with E-state index in [0.717, 1.165) is 24.4 Å². The van der Waals surface area contributed by atoms with E-state index in [0.29, 0.717) is 40.1 Å². The van der Waals surface area contributed by atoms with Crippen LogP contribution in [0.5, 0.6) is 5.75 Å². The zero-order chi connectivity index (χ0) is 21.1. The quantitative estimate of drug-likeness (QED) is 0.577. The van der Waals surface area contributed by atoms with Crippen molar-refractivity contribution in [2.24, 2.45) is 0 Å². The second-order valence-electron chi connectivity index (χ2n) is 7.03. The average Bonchev–Trinajstić information content (AvgIpc) is 3.24. The number of halogens is 2. The molecule has 0 N–H and O–H groups in total. The average molecular weight is 446 g/mol. The molecule has 1 aliphatic rings. The van der Waals surface area contributed by atoms with Crippen LogP contribution in [-0.2, 0) is 6.54 Å². The number of aromatic nitrogens is 1. The number of carbonyl (C=O) groups is 1. The molecule has 4 rings (SSSR count). The highest BCUT2D eigenvalue weighted by molar-refractivity contribution is 7.16. The lowest BCUT2D eigenvalue weighted by Gasteiger charge is -2.34. The Hall–Kier alpha value is -2.48. The van der Waals surface area contributed by atoms with Gasteiger partial charge in [0, 0.05) is 48.9 Å². The van der Waals surface area contributed by atoms with Gasteiger partial charge in [-0.2, -0.15) is 0 Å². The molecular weight excluding hydrogens is 425 g/mol. The van der Waals surface area contributed by atoms with Gasteiger partial charge in [0.2, 0.25) is 0 Å². The maximum Gasteiger partial charge on any atom is 0.265 e. The van der Waals surface area contributed by atoms with Crippen molar-refractivity contribution < 1.29 is 13.9 Å². The molecule has 156 valence electrons. The lowest BCUT2D eigenvalue weighted by molar-refractivity contribution is 0.0632. The van der Waals surface area contributed by atoms with E-state index in [1.807, 2.05) is 23.1 Å². The van der Waals surface area contributed by atoms with E-state index < -0.39 is 0 Å². The Morgan fingerprint density at radius 3 is 2.70 bits per heavy atom. The molecule has 5 nitrogen and oxygen atoms in total. The third-order valence-electron chi connectivity index (χ3n) is 5.12. The van der Waals surface area contributed by atoms with E-state index in [1.54, 1.807) is 25.3 Å². The maximum absolute atomic E-state index is 14.0. The summed E-state index contributed by atoms with van der Waals surface area (Å²) in [5, 5.41) is 1.19. The topological polar surface area (TPSA) is 45.7 Å². The fourth-order valence-electron chi connectivity index (χ4n) is 3.51. The lowest BCUT2D eigenvalue weighted by Crippen LogP contribution is -2.48. The van der Waals surface area contributed by atoms with E-state index in [-0.39, 0.29) is 11.7 Å². The smallest absolute Gasteiger partial charge is 0.265 e. The lowest BCUT2D eigenvalue weighted by atomic mass is 10.1. The van der Waals surface area contributed by atoms with E-state index in [4.69, 9.17) is 16.3 Å². The molecule has 0 bridgehead atoms. The monoisotopic (exact) mass is 445 g/mol. The Labute approximate surface area is 183 Å². The van der Waals surface area contributed by atoms with Crippen LogP contribution in [0.25, 0.3) is 10.6 Å². The summed E-state index contributed by atoms with van der Waals surface area (Å²) in [6, 6.07) is 12.1. The first-order valence-corrected chi connectivity index (χ1v) is 10.8. The largest absolute Gasteiger partial charge is 0.496 e. The van der Waals surface area contributed by atoms with Crippen molar-refractivity contribution in [3.63, 3.8) is 0 Å². The Balaban J connectivity index is 1.38. The number of benzene rings is 2. The van der Waals surface area contributed by atoms with Gasteiger partial charge in [0.05, 0.1) is 13.3 Å². The van der Waals surface area contributed by atoms with Crippen molar-refractivity contribution in [1.82, 2.24) is 14.8 Å². The number of nitrogens with zero attached hydrogens (tertiary/aromatic N) is 3. The van der Waals surface area contributed by atoms with Crippen LogP contribution in [0, 0.1) is 5.82 Å². The summed E-state index contributed by atoms with van der Waals surface area (Å²) >= 11 is 7.35. The third-order valence-corrected chi connectivity index (χ3v) is 6.37. The molecule has 1 aromatic heterocycles. The molecule has 8 heteroatoms. The summed E-state index contributed by atoms with van der Waals surface area (Å²) < 4.78 is 19.4. The van der Waals surface area contributed by atoms with Crippen molar-refractivity contribution in [1.29, 1.82) is 0 Å². The maximum atomic E-state index is 14.0. The van der Waals surface area contributed by atoms with Gasteiger partial charge in [-0.15, -0.1) is 11.3 Å². The molecule has 0 radical (unpaired) electrons. The first-order chi connectivity index (χ1) is 14.5. The zero-order valence-corrected chi connectivity index (χ0v) is 18.0. The van der Waals surface area contributed by atoms with Crippen LogP contribution < -0.4 is 4.74 Å². The first-order valence-electron chi connectivity index (χ1n) is 9.60. The normalized spacial score (nSPS) is 14.7. The van der Waals surface area contributed by atoms with Crippen LogP contribution in [-0.4, -0.2) is 54.0 Å². The predicted molar refractivity (Wildman–Crippen MR) is 117 cm³/mol. The summed E-state index contributed by atoms with van der Waals surface area (Å²) in [5.41, 5.74) is 1.45. The van der Waals surface area contributed by atoms with Gasteiger partial charge in [-0.25, -0.2) is 9.37 Å². The highest BCUT2D eigenvalue weighted by Crippen LogP contribution is 2.28. The molecule has 0 saturated carbocycles. The Morgan fingerprint density at radius 2 is 1.97 bits per heavy atom. The molecule has 0 unspecified atom stereocenters. The fraction of sp³-hybridized carbons (Fsp3) is 0.273. The minimum Gasteiger partial charge on any atom is -0.496 e. The van der Waals surface area contributed by atoms with Crippen molar-refractivity contribution in [2.75, 3.05) is 33.3 Å². The van der Waals surface area contributed by atoms with Gasteiger partial charge < -0.3 is 9.64 Å². The van der Waals surface area contributed by atoms with Crippen LogP contribution in [0.3, 0.4) is 0 Å². The minimum atomic E-state index is -0.337. The second kappa shape index (κ2) is 9.12. The van der Waals surface area contributed by atoms with Crippen LogP contribution in [0.2, 0.25) is 5.02 Å². The van der Waals surface area contributed by atoms with Gasteiger partial charge in [0.15, 0.2) is 0 Å².